The van der Waals surface area contributed by atoms with Crippen LogP contribution in [0.3, 0.4) is 0 Å². The molecule has 1 heterocycles. The third-order valence-corrected chi connectivity index (χ3v) is 3.12. The Kier molecular flexibility index (Phi) is 4.25. The molecule has 0 fully saturated rings. The van der Waals surface area contributed by atoms with Gasteiger partial charge in [-0.05, 0) is 13.8 Å². The average molecular weight is 233 g/mol. The molecule has 86 valence electrons. The van der Waals surface area contributed by atoms with Gasteiger partial charge in [0, 0.05) is 13.2 Å². The highest BCUT2D eigenvalue weighted by Gasteiger charge is 2.16. The lowest BCUT2D eigenvalue weighted by molar-refractivity contribution is 0.0799. The van der Waals surface area contributed by atoms with Crippen molar-refractivity contribution in [3.05, 3.63) is 12.5 Å². The molecule has 0 aliphatic carbocycles. The van der Waals surface area contributed by atoms with Crippen LogP contribution in [0.1, 0.15) is 13.8 Å². The van der Waals surface area contributed by atoms with Crippen molar-refractivity contribution in [2.75, 3.05) is 13.2 Å². The van der Waals surface area contributed by atoms with Crippen molar-refractivity contribution in [2.45, 2.75) is 25.0 Å². The van der Waals surface area contributed by atoms with Crippen molar-refractivity contribution in [3.63, 3.8) is 0 Å². The van der Waals surface area contributed by atoms with Crippen LogP contribution in [0.15, 0.2) is 17.6 Å². The van der Waals surface area contributed by atoms with Crippen LogP contribution in [-0.2, 0) is 14.8 Å². The van der Waals surface area contributed by atoms with E-state index in [1.165, 1.54) is 12.5 Å². The van der Waals surface area contributed by atoms with Crippen LogP contribution in [0.2, 0.25) is 0 Å². The molecule has 1 aromatic rings. The van der Waals surface area contributed by atoms with Crippen molar-refractivity contribution in [1.29, 1.82) is 0 Å². The van der Waals surface area contributed by atoms with E-state index in [1.807, 2.05) is 6.92 Å². The molecule has 6 nitrogen and oxygen atoms in total. The molecule has 0 saturated heterocycles. The highest BCUT2D eigenvalue weighted by atomic mass is 32.2. The van der Waals surface area contributed by atoms with Crippen LogP contribution in [0.4, 0.5) is 0 Å². The minimum atomic E-state index is -3.48. The smallest absolute Gasteiger partial charge is 0.257 e. The number of ether oxygens (including phenoxy) is 1. The summed E-state index contributed by atoms with van der Waals surface area (Å²) in [6.45, 7) is 4.47. The van der Waals surface area contributed by atoms with Gasteiger partial charge in [-0.2, -0.15) is 0 Å². The topological polar surface area (TPSA) is 84.1 Å². The Morgan fingerprint density at radius 2 is 2.40 bits per heavy atom. The number of sulfonamides is 1. The molecule has 1 rings (SSSR count). The van der Waals surface area contributed by atoms with Crippen molar-refractivity contribution in [2.24, 2.45) is 0 Å². The van der Waals surface area contributed by atoms with E-state index in [0.717, 1.165) is 0 Å². The van der Waals surface area contributed by atoms with E-state index in [4.69, 9.17) is 4.74 Å². The third-order valence-electron chi connectivity index (χ3n) is 1.77. The first-order valence-electron chi connectivity index (χ1n) is 4.66. The summed E-state index contributed by atoms with van der Waals surface area (Å²) in [5.41, 5.74) is 0. The second-order valence-corrected chi connectivity index (χ2v) is 4.77. The summed E-state index contributed by atoms with van der Waals surface area (Å²) < 4.78 is 30.8. The van der Waals surface area contributed by atoms with E-state index in [0.29, 0.717) is 6.61 Å². The van der Waals surface area contributed by atoms with Gasteiger partial charge in [-0.1, -0.05) is 0 Å². The lowest BCUT2D eigenvalue weighted by Crippen LogP contribution is -2.32. The van der Waals surface area contributed by atoms with Crippen LogP contribution in [0.25, 0.3) is 0 Å². The lowest BCUT2D eigenvalue weighted by Gasteiger charge is -2.11. The molecule has 0 aliphatic heterocycles. The molecule has 1 aromatic heterocycles. The first-order chi connectivity index (χ1) is 7.06. The number of H-pyrrole nitrogens is 1. The Morgan fingerprint density at radius 1 is 1.67 bits per heavy atom. The lowest BCUT2D eigenvalue weighted by atomic mass is 10.4. The summed E-state index contributed by atoms with van der Waals surface area (Å²) in [7, 11) is -3.48. The number of hydrogen-bond acceptors (Lipinski definition) is 4. The van der Waals surface area contributed by atoms with Gasteiger partial charge < -0.3 is 9.72 Å². The molecule has 2 N–H and O–H groups in total. The largest absolute Gasteiger partial charge is 0.377 e. The van der Waals surface area contributed by atoms with Crippen LogP contribution in [-0.4, -0.2) is 37.6 Å². The minimum Gasteiger partial charge on any atom is -0.377 e. The predicted molar refractivity (Wildman–Crippen MR) is 54.9 cm³/mol. The van der Waals surface area contributed by atoms with E-state index in [1.54, 1.807) is 6.92 Å². The molecule has 0 radical (unpaired) electrons. The summed E-state index contributed by atoms with van der Waals surface area (Å²) >= 11 is 0. The zero-order chi connectivity index (χ0) is 11.3. The third kappa shape index (κ3) is 3.61. The summed E-state index contributed by atoms with van der Waals surface area (Å²) in [5.74, 6) is 0. The van der Waals surface area contributed by atoms with Gasteiger partial charge in [0.1, 0.15) is 0 Å². The van der Waals surface area contributed by atoms with Gasteiger partial charge in [-0.25, -0.2) is 18.1 Å². The zero-order valence-corrected chi connectivity index (χ0v) is 9.54. The van der Waals surface area contributed by atoms with Gasteiger partial charge in [0.15, 0.2) is 5.03 Å². The van der Waals surface area contributed by atoms with Crippen molar-refractivity contribution < 1.29 is 13.2 Å². The van der Waals surface area contributed by atoms with Crippen LogP contribution in [0, 0.1) is 0 Å². The maximum absolute atomic E-state index is 11.6. The summed E-state index contributed by atoms with van der Waals surface area (Å²) in [6.07, 6.45) is 2.43. The van der Waals surface area contributed by atoms with Gasteiger partial charge in [0.2, 0.25) is 0 Å². The van der Waals surface area contributed by atoms with Gasteiger partial charge in [0.25, 0.3) is 10.0 Å². The minimum absolute atomic E-state index is 0.0613. The molecular weight excluding hydrogens is 218 g/mol. The fourth-order valence-electron chi connectivity index (χ4n) is 1.04. The average Bonchev–Trinajstić information content (AvgIpc) is 2.69. The molecule has 0 aromatic carbocycles. The van der Waals surface area contributed by atoms with Crippen molar-refractivity contribution >= 4 is 10.0 Å². The van der Waals surface area contributed by atoms with Crippen LogP contribution < -0.4 is 4.72 Å². The maximum Gasteiger partial charge on any atom is 0.257 e. The number of nitrogens with one attached hydrogen (secondary N) is 2. The molecule has 0 spiro atoms. The second-order valence-electron chi connectivity index (χ2n) is 3.03. The fourth-order valence-corrected chi connectivity index (χ4v) is 2.06. The molecule has 0 amide bonds. The Morgan fingerprint density at radius 3 is 2.93 bits per heavy atom. The predicted octanol–water partition coefficient (Wildman–Crippen LogP) is 0.113. The molecule has 0 bridgehead atoms. The molecule has 0 aliphatic rings. The van der Waals surface area contributed by atoms with Crippen molar-refractivity contribution in [3.8, 4) is 0 Å². The number of hydrogen-bond donors (Lipinski definition) is 2. The highest BCUT2D eigenvalue weighted by Crippen LogP contribution is 2.01. The summed E-state index contributed by atoms with van der Waals surface area (Å²) in [6, 6.07) is 0. The number of aromatic amines is 1. The van der Waals surface area contributed by atoms with Gasteiger partial charge >= 0.3 is 0 Å². The van der Waals surface area contributed by atoms with E-state index in [-0.39, 0.29) is 17.7 Å². The monoisotopic (exact) mass is 233 g/mol. The molecular formula is C8H15N3O3S. The zero-order valence-electron chi connectivity index (χ0n) is 8.73. The molecule has 15 heavy (non-hydrogen) atoms. The SMILES string of the molecule is CCOC(C)CNS(=O)(=O)c1cnc[nH]1. The number of aromatic nitrogens is 2. The standard InChI is InChI=1S/C8H15N3O3S/c1-3-14-7(2)4-11-15(12,13)8-5-9-6-10-8/h5-7,11H,3-4H2,1-2H3,(H,9,10). The Hall–Kier alpha value is -0.920. The van der Waals surface area contributed by atoms with Gasteiger partial charge in [0.05, 0.1) is 18.6 Å². The van der Waals surface area contributed by atoms with Crippen LogP contribution in [0.5, 0.6) is 0 Å². The van der Waals surface area contributed by atoms with Gasteiger partial charge in [-0.3, -0.25) is 0 Å². The maximum atomic E-state index is 11.6. The second kappa shape index (κ2) is 5.24. The molecule has 1 atom stereocenters. The Bertz CT molecular complexity index is 374. The van der Waals surface area contributed by atoms with E-state index in [9.17, 15) is 8.42 Å². The summed E-state index contributed by atoms with van der Waals surface area (Å²) in [5, 5.41) is 0.0613. The van der Waals surface area contributed by atoms with E-state index >= 15 is 0 Å². The molecule has 0 saturated carbocycles. The van der Waals surface area contributed by atoms with Crippen LogP contribution >= 0.6 is 0 Å². The molecule has 1 unspecified atom stereocenters. The van der Waals surface area contributed by atoms with Crippen molar-refractivity contribution in [1.82, 2.24) is 14.7 Å². The number of rotatable bonds is 6. The Balaban J connectivity index is 2.52. The Labute approximate surface area is 89.1 Å². The normalized spacial score (nSPS) is 14.0. The number of imidazole rings is 1. The van der Waals surface area contributed by atoms with E-state index < -0.39 is 10.0 Å². The summed E-state index contributed by atoms with van der Waals surface area (Å²) in [4.78, 5) is 6.18. The van der Waals surface area contributed by atoms with E-state index in [2.05, 4.69) is 14.7 Å². The fraction of sp³-hybridized carbons (Fsp3) is 0.625. The first-order valence-corrected chi connectivity index (χ1v) is 6.14. The first kappa shape index (κ1) is 12.2. The molecule has 7 heteroatoms. The highest BCUT2D eigenvalue weighted by molar-refractivity contribution is 7.89. The number of nitrogens with zero attached hydrogens (tertiary/aromatic N) is 1. The quantitative estimate of drug-likeness (QED) is 0.730. The van der Waals surface area contributed by atoms with Gasteiger partial charge in [-0.15, -0.1) is 0 Å².